The average Bonchev–Trinajstić information content (AvgIpc) is 3.18. The molecule has 37 heavy (non-hydrogen) atoms. The molecule has 0 saturated carbocycles. The van der Waals surface area contributed by atoms with Gasteiger partial charge < -0.3 is 0 Å². The summed E-state index contributed by atoms with van der Waals surface area (Å²) in [6.45, 7) is 13.1. The Morgan fingerprint density at radius 2 is 1.03 bits per heavy atom. The van der Waals surface area contributed by atoms with E-state index in [-0.39, 0.29) is 6.10 Å². The topological polar surface area (TPSA) is 9.23 Å². The van der Waals surface area contributed by atoms with E-state index in [2.05, 4.69) is 115 Å². The van der Waals surface area contributed by atoms with Crippen LogP contribution in [0, 0.1) is 41.5 Å². The first-order valence-corrected chi connectivity index (χ1v) is 21.0. The van der Waals surface area contributed by atoms with Gasteiger partial charge in [0.1, 0.15) is 0 Å². The van der Waals surface area contributed by atoms with E-state index >= 15 is 0 Å². The number of benzene rings is 4. The van der Waals surface area contributed by atoms with E-state index in [4.69, 9.17) is 4.52 Å². The van der Waals surface area contributed by atoms with Crippen molar-refractivity contribution in [3.05, 3.63) is 106 Å². The van der Waals surface area contributed by atoms with Gasteiger partial charge in [0.2, 0.25) is 0 Å². The van der Waals surface area contributed by atoms with Crippen LogP contribution in [0.5, 0.6) is 0 Å². The SMILES string of the molecule is Cc1c[c]2c(cc1C)P13(O[C@@H](c4ccccc4)CC1C)c1cc(C)c(C)c[c]1[Bi]2[c]1cc(C)c(C)cc13. The fourth-order valence-electron chi connectivity index (χ4n) is 7.41. The van der Waals surface area contributed by atoms with E-state index in [0.717, 1.165) is 6.42 Å². The Morgan fingerprint density at radius 3 is 1.46 bits per heavy atom. The van der Waals surface area contributed by atoms with Crippen LogP contribution in [0.1, 0.15) is 58.4 Å². The molecule has 1 saturated heterocycles. The second-order valence-corrected chi connectivity index (χ2v) is 24.8. The molecule has 0 N–H and O–H groups in total. The van der Waals surface area contributed by atoms with Crippen molar-refractivity contribution < 1.29 is 4.52 Å². The van der Waals surface area contributed by atoms with Gasteiger partial charge >= 0.3 is 231 Å². The van der Waals surface area contributed by atoms with Crippen LogP contribution in [0.15, 0.2) is 66.7 Å². The summed E-state index contributed by atoms with van der Waals surface area (Å²) in [6.07, 6.45) is 1.17. The molecular weight excluding hydrogens is 664 g/mol. The monoisotopic (exact) mass is 700 g/mol. The molecule has 0 aliphatic carbocycles. The molecule has 0 amide bonds. The second kappa shape index (κ2) is 7.85. The fraction of sp³-hybridized carbons (Fsp3) is 0.294. The maximum atomic E-state index is 7.99. The van der Waals surface area contributed by atoms with Gasteiger partial charge in [-0.05, 0) is 0 Å². The van der Waals surface area contributed by atoms with Crippen molar-refractivity contribution >= 4 is 54.3 Å². The molecule has 1 spiro atoms. The zero-order valence-corrected chi connectivity index (χ0v) is 27.4. The molecule has 1 nitrogen and oxygen atoms in total. The summed E-state index contributed by atoms with van der Waals surface area (Å²) in [5, 5.41) is 4.80. The van der Waals surface area contributed by atoms with Crippen LogP contribution in [0.25, 0.3) is 0 Å². The maximum absolute atomic E-state index is 7.99. The fourth-order valence-corrected chi connectivity index (χ4v) is 34.2. The van der Waals surface area contributed by atoms with Crippen molar-refractivity contribution in [3.8, 4) is 0 Å². The first-order chi connectivity index (χ1) is 17.7. The molecule has 0 aromatic heterocycles. The predicted octanol–water partition coefficient (Wildman–Crippen LogP) is 4.97. The molecule has 4 aliphatic heterocycles. The van der Waals surface area contributed by atoms with Gasteiger partial charge in [0.25, 0.3) is 0 Å². The van der Waals surface area contributed by atoms with Crippen molar-refractivity contribution in [3.63, 3.8) is 0 Å². The number of rotatable bonds is 1. The van der Waals surface area contributed by atoms with E-state index in [1.807, 2.05) is 0 Å². The quantitative estimate of drug-likeness (QED) is 0.202. The number of aryl methyl sites for hydroxylation is 6. The van der Waals surface area contributed by atoms with Crippen molar-refractivity contribution in [1.82, 2.24) is 0 Å². The molecule has 4 heterocycles. The Morgan fingerprint density at radius 1 is 0.622 bits per heavy atom. The zero-order chi connectivity index (χ0) is 25.9. The van der Waals surface area contributed by atoms with E-state index in [0.29, 0.717) is 5.66 Å². The summed E-state index contributed by atoms with van der Waals surface area (Å²) in [4.78, 5) is 0. The Labute approximate surface area is 230 Å². The first kappa shape index (κ1) is 24.2. The standard InChI is InChI=1S/C34H36OP.Bi/c1-23-13-16-31(19-26(23)4)36(32-17-14-24(2)27(5)20-32,33-18-15-25(3)28(6)21-33)29(7)22-34(35-36)30-11-9-8-10-12-30;/h8-15,19-21,29,34H,22H2,1-7H3;/t29?,34-;/m1./s1. The summed E-state index contributed by atoms with van der Waals surface area (Å²) in [7, 11) is 0. The van der Waals surface area contributed by atoms with Gasteiger partial charge in [0, 0.05) is 0 Å². The first-order valence-electron chi connectivity index (χ1n) is 13.6. The molecule has 4 aliphatic rings. The molecule has 1 unspecified atom stereocenters. The van der Waals surface area contributed by atoms with Gasteiger partial charge in [-0.1, -0.05) is 0 Å². The number of hydrogen-bond donors (Lipinski definition) is 0. The summed E-state index contributed by atoms with van der Waals surface area (Å²) in [5.74, 6) is 0. The van der Waals surface area contributed by atoms with Gasteiger partial charge in [-0.15, -0.1) is 0 Å². The third-order valence-electron chi connectivity index (χ3n) is 9.84. The Hall–Kier alpha value is -1.85. The van der Waals surface area contributed by atoms with E-state index < -0.39 is 28.6 Å². The van der Waals surface area contributed by atoms with Crippen molar-refractivity contribution in [2.45, 2.75) is 66.6 Å². The van der Waals surface area contributed by atoms with Gasteiger partial charge in [-0.25, -0.2) is 0 Å². The molecule has 4 aromatic carbocycles. The van der Waals surface area contributed by atoms with Gasteiger partial charge in [-0.2, -0.15) is 0 Å². The van der Waals surface area contributed by atoms with Crippen LogP contribution in [-0.4, -0.2) is 27.4 Å². The van der Waals surface area contributed by atoms with E-state index in [1.165, 1.54) is 38.9 Å². The third kappa shape index (κ3) is 2.81. The molecule has 2 atom stereocenters. The van der Waals surface area contributed by atoms with Crippen LogP contribution in [-0.2, 0) is 4.52 Å². The van der Waals surface area contributed by atoms with Crippen LogP contribution < -0.4 is 25.7 Å². The molecule has 2 bridgehead atoms. The predicted molar refractivity (Wildman–Crippen MR) is 163 cm³/mol. The second-order valence-electron chi connectivity index (χ2n) is 11.8. The van der Waals surface area contributed by atoms with Crippen LogP contribution in [0.4, 0.5) is 0 Å². The average molecular weight is 701 g/mol. The third-order valence-corrected chi connectivity index (χ3v) is 28.5. The van der Waals surface area contributed by atoms with Crippen molar-refractivity contribution in [2.24, 2.45) is 0 Å². The molecule has 188 valence electrons. The minimum absolute atomic E-state index is 0.108. The summed E-state index contributed by atoms with van der Waals surface area (Å²) in [5.41, 5.74) is 10.3. The van der Waals surface area contributed by atoms with Crippen LogP contribution in [0.2, 0.25) is 0 Å². The summed E-state index contributed by atoms with van der Waals surface area (Å²) >= 11 is -2.52. The van der Waals surface area contributed by atoms with Gasteiger partial charge in [0.15, 0.2) is 0 Å². The molecule has 4 aromatic rings. The minimum atomic E-state index is -3.23. The molecular formula is C34H36BiOP. The van der Waals surface area contributed by atoms with Gasteiger partial charge in [-0.3, -0.25) is 0 Å². The Kier molecular flexibility index (Phi) is 5.14. The van der Waals surface area contributed by atoms with Crippen LogP contribution >= 0.6 is 6.83 Å². The van der Waals surface area contributed by atoms with Crippen molar-refractivity contribution in [2.75, 3.05) is 0 Å². The molecule has 0 radical (unpaired) electrons. The van der Waals surface area contributed by atoms with Gasteiger partial charge in [0.05, 0.1) is 0 Å². The van der Waals surface area contributed by atoms with Crippen LogP contribution in [0.3, 0.4) is 0 Å². The van der Waals surface area contributed by atoms with Crippen molar-refractivity contribution in [1.29, 1.82) is 0 Å². The molecule has 8 rings (SSSR count). The molecule has 3 heteroatoms. The summed E-state index contributed by atoms with van der Waals surface area (Å²) < 4.78 is 13.1. The normalized spacial score (nSPS) is 23.3. The zero-order valence-electron chi connectivity index (χ0n) is 23.0. The molecule has 1 fully saturated rings. The number of hydrogen-bond acceptors (Lipinski definition) is 1. The Balaban J connectivity index is 1.70. The van der Waals surface area contributed by atoms with E-state index in [9.17, 15) is 0 Å². The van der Waals surface area contributed by atoms with E-state index in [1.54, 1.807) is 25.7 Å². The Bertz CT molecular complexity index is 1490. The summed E-state index contributed by atoms with van der Waals surface area (Å²) in [6, 6.07) is 26.6.